The standard InChI is InChI=1S/C18H15Cl2NO4/c1-11-18(23)21(14-4-2-3-5-16(14)24-11)9-8-17(22)25-15-7-6-12(19)10-13(15)20/h2-7,10-11H,8-9H2,1H3. The van der Waals surface area contributed by atoms with Crippen LogP contribution in [0.5, 0.6) is 11.5 Å². The van der Waals surface area contributed by atoms with Gasteiger partial charge in [0.05, 0.1) is 17.1 Å². The summed E-state index contributed by atoms with van der Waals surface area (Å²) in [6.45, 7) is 1.87. The van der Waals surface area contributed by atoms with Gasteiger partial charge in [0.25, 0.3) is 5.91 Å². The maximum Gasteiger partial charge on any atom is 0.313 e. The van der Waals surface area contributed by atoms with Crippen molar-refractivity contribution in [1.29, 1.82) is 0 Å². The van der Waals surface area contributed by atoms with Crippen LogP contribution in [0.2, 0.25) is 10.0 Å². The molecule has 1 unspecified atom stereocenters. The zero-order chi connectivity index (χ0) is 18.0. The Kier molecular flexibility index (Phi) is 5.16. The number of anilines is 1. The van der Waals surface area contributed by atoms with E-state index in [0.29, 0.717) is 16.5 Å². The van der Waals surface area contributed by atoms with E-state index < -0.39 is 12.1 Å². The Balaban J connectivity index is 1.68. The number of halogens is 2. The maximum atomic E-state index is 12.4. The minimum atomic E-state index is -0.600. The normalized spacial score (nSPS) is 16.2. The van der Waals surface area contributed by atoms with Gasteiger partial charge in [-0.3, -0.25) is 9.59 Å². The minimum absolute atomic E-state index is 0.0196. The van der Waals surface area contributed by atoms with Crippen LogP contribution in [0.15, 0.2) is 42.5 Å². The summed E-state index contributed by atoms with van der Waals surface area (Å²) in [4.78, 5) is 26.0. The lowest BCUT2D eigenvalue weighted by molar-refractivity contribution is -0.134. The molecule has 5 nitrogen and oxygen atoms in total. The average molecular weight is 380 g/mol. The zero-order valence-electron chi connectivity index (χ0n) is 13.4. The molecule has 0 saturated heterocycles. The number of benzene rings is 2. The van der Waals surface area contributed by atoms with Crippen molar-refractivity contribution in [2.24, 2.45) is 0 Å². The Bertz CT molecular complexity index is 824. The van der Waals surface area contributed by atoms with Gasteiger partial charge in [-0.25, -0.2) is 0 Å². The molecule has 25 heavy (non-hydrogen) atoms. The van der Waals surface area contributed by atoms with Crippen molar-refractivity contribution in [3.63, 3.8) is 0 Å². The number of fused-ring (bicyclic) bond motifs is 1. The van der Waals surface area contributed by atoms with E-state index in [-0.39, 0.29) is 29.6 Å². The molecular weight excluding hydrogens is 365 g/mol. The van der Waals surface area contributed by atoms with E-state index in [1.54, 1.807) is 25.1 Å². The highest BCUT2D eigenvalue weighted by atomic mass is 35.5. The molecule has 1 aliphatic heterocycles. The number of para-hydroxylation sites is 2. The van der Waals surface area contributed by atoms with Crippen molar-refractivity contribution in [3.05, 3.63) is 52.5 Å². The molecule has 1 atom stereocenters. The molecular formula is C18H15Cl2NO4. The first-order valence-electron chi connectivity index (χ1n) is 7.68. The molecule has 0 aliphatic carbocycles. The summed E-state index contributed by atoms with van der Waals surface area (Å²) in [6.07, 6.45) is -0.581. The minimum Gasteiger partial charge on any atom is -0.479 e. The summed E-state index contributed by atoms with van der Waals surface area (Å²) in [6, 6.07) is 11.8. The van der Waals surface area contributed by atoms with Crippen LogP contribution in [0.4, 0.5) is 5.69 Å². The molecule has 2 aromatic rings. The number of nitrogens with zero attached hydrogens (tertiary/aromatic N) is 1. The molecule has 3 rings (SSSR count). The van der Waals surface area contributed by atoms with Crippen molar-refractivity contribution in [1.82, 2.24) is 0 Å². The largest absolute Gasteiger partial charge is 0.479 e. The first-order valence-corrected chi connectivity index (χ1v) is 8.44. The summed E-state index contributed by atoms with van der Waals surface area (Å²) in [5, 5.41) is 0.705. The molecule has 0 saturated carbocycles. The Hall–Kier alpha value is -2.24. The predicted molar refractivity (Wildman–Crippen MR) is 95.6 cm³/mol. The molecule has 0 radical (unpaired) electrons. The topological polar surface area (TPSA) is 55.8 Å². The van der Waals surface area contributed by atoms with Crippen LogP contribution in [0, 0.1) is 0 Å². The summed E-state index contributed by atoms with van der Waals surface area (Å²) in [5.74, 6) is 0.159. The summed E-state index contributed by atoms with van der Waals surface area (Å²) in [5.41, 5.74) is 0.642. The zero-order valence-corrected chi connectivity index (χ0v) is 14.9. The van der Waals surface area contributed by atoms with E-state index in [9.17, 15) is 9.59 Å². The lowest BCUT2D eigenvalue weighted by Crippen LogP contribution is -2.45. The smallest absolute Gasteiger partial charge is 0.313 e. The number of amides is 1. The molecule has 1 amide bonds. The van der Waals surface area contributed by atoms with E-state index in [0.717, 1.165) is 0 Å². The second-order valence-corrected chi connectivity index (χ2v) is 6.36. The number of carbonyl (C=O) groups is 2. The van der Waals surface area contributed by atoms with Gasteiger partial charge in [0, 0.05) is 11.6 Å². The molecule has 130 valence electrons. The van der Waals surface area contributed by atoms with Crippen LogP contribution in [-0.2, 0) is 9.59 Å². The lowest BCUT2D eigenvalue weighted by Gasteiger charge is -2.32. The molecule has 0 spiro atoms. The SMILES string of the molecule is CC1Oc2ccccc2N(CCC(=O)Oc2ccc(Cl)cc2Cl)C1=O. The summed E-state index contributed by atoms with van der Waals surface area (Å²) < 4.78 is 10.8. The number of carbonyl (C=O) groups excluding carboxylic acids is 2. The fourth-order valence-electron chi connectivity index (χ4n) is 2.52. The van der Waals surface area contributed by atoms with E-state index in [1.807, 2.05) is 12.1 Å². The molecule has 0 bridgehead atoms. The summed E-state index contributed by atoms with van der Waals surface area (Å²) >= 11 is 11.8. The number of hydrogen-bond donors (Lipinski definition) is 0. The van der Waals surface area contributed by atoms with Crippen LogP contribution in [0.1, 0.15) is 13.3 Å². The monoisotopic (exact) mass is 379 g/mol. The third kappa shape index (κ3) is 3.89. The molecule has 1 aliphatic rings. The van der Waals surface area contributed by atoms with Crippen molar-refractivity contribution in [2.45, 2.75) is 19.4 Å². The van der Waals surface area contributed by atoms with Gasteiger partial charge in [0.15, 0.2) is 6.10 Å². The number of hydrogen-bond acceptors (Lipinski definition) is 4. The highest BCUT2D eigenvalue weighted by molar-refractivity contribution is 6.35. The van der Waals surface area contributed by atoms with E-state index in [4.69, 9.17) is 32.7 Å². The first kappa shape index (κ1) is 17.6. The predicted octanol–water partition coefficient (Wildman–Crippen LogP) is 4.10. The van der Waals surface area contributed by atoms with E-state index >= 15 is 0 Å². The van der Waals surface area contributed by atoms with Gasteiger partial charge in [0.2, 0.25) is 0 Å². The van der Waals surface area contributed by atoms with Crippen molar-refractivity contribution in [2.75, 3.05) is 11.4 Å². The van der Waals surface area contributed by atoms with Crippen LogP contribution in [0.3, 0.4) is 0 Å². The Morgan fingerprint density at radius 3 is 2.76 bits per heavy atom. The number of rotatable bonds is 4. The number of esters is 1. The molecule has 2 aromatic carbocycles. The molecule has 7 heteroatoms. The van der Waals surface area contributed by atoms with Gasteiger partial charge in [-0.15, -0.1) is 0 Å². The first-order chi connectivity index (χ1) is 12.0. The van der Waals surface area contributed by atoms with Crippen LogP contribution in [0.25, 0.3) is 0 Å². The van der Waals surface area contributed by atoms with Crippen LogP contribution >= 0.6 is 23.2 Å². The number of ether oxygens (including phenoxy) is 2. The second kappa shape index (κ2) is 7.33. The Labute approximate surface area is 155 Å². The molecule has 0 N–H and O–H groups in total. The maximum absolute atomic E-state index is 12.4. The second-order valence-electron chi connectivity index (χ2n) is 5.52. The van der Waals surface area contributed by atoms with E-state index in [2.05, 4.69) is 0 Å². The lowest BCUT2D eigenvalue weighted by atomic mass is 10.2. The molecule has 0 fully saturated rings. The molecule has 1 heterocycles. The fraction of sp³-hybridized carbons (Fsp3) is 0.222. The molecule has 0 aromatic heterocycles. The van der Waals surface area contributed by atoms with Crippen LogP contribution < -0.4 is 14.4 Å². The average Bonchev–Trinajstić information content (AvgIpc) is 2.58. The van der Waals surface area contributed by atoms with Gasteiger partial charge >= 0.3 is 5.97 Å². The third-order valence-corrected chi connectivity index (χ3v) is 4.26. The van der Waals surface area contributed by atoms with Crippen molar-refractivity contribution in [3.8, 4) is 11.5 Å². The third-order valence-electron chi connectivity index (χ3n) is 3.73. The Morgan fingerprint density at radius 1 is 1.24 bits per heavy atom. The van der Waals surface area contributed by atoms with Crippen molar-refractivity contribution >= 4 is 40.8 Å². The van der Waals surface area contributed by atoms with Gasteiger partial charge in [-0.05, 0) is 37.3 Å². The highest BCUT2D eigenvalue weighted by Crippen LogP contribution is 2.34. The Morgan fingerprint density at radius 2 is 2.00 bits per heavy atom. The summed E-state index contributed by atoms with van der Waals surface area (Å²) in [7, 11) is 0. The van der Waals surface area contributed by atoms with E-state index in [1.165, 1.54) is 17.0 Å². The van der Waals surface area contributed by atoms with Gasteiger partial charge in [-0.2, -0.15) is 0 Å². The van der Waals surface area contributed by atoms with Crippen molar-refractivity contribution < 1.29 is 19.1 Å². The van der Waals surface area contributed by atoms with Gasteiger partial charge in [0.1, 0.15) is 11.5 Å². The quantitative estimate of drug-likeness (QED) is 0.592. The van der Waals surface area contributed by atoms with Gasteiger partial charge in [-0.1, -0.05) is 35.3 Å². The van der Waals surface area contributed by atoms with Crippen LogP contribution in [-0.4, -0.2) is 24.5 Å². The highest BCUT2D eigenvalue weighted by Gasteiger charge is 2.31. The van der Waals surface area contributed by atoms with Gasteiger partial charge < -0.3 is 14.4 Å². The fourth-order valence-corrected chi connectivity index (χ4v) is 2.97.